The fourth-order valence-electron chi connectivity index (χ4n) is 1.02. The second-order valence-corrected chi connectivity index (χ2v) is 4.58. The van der Waals surface area contributed by atoms with Gasteiger partial charge in [0.05, 0.1) is 12.9 Å². The summed E-state index contributed by atoms with van der Waals surface area (Å²) in [6, 6.07) is 7.37. The van der Waals surface area contributed by atoms with Crippen molar-refractivity contribution >= 4 is 41.6 Å². The maximum absolute atomic E-state index is 5.77. The average molecular weight is 299 g/mol. The molecular formula is C12H15ClN4OS. The number of benzene rings is 1. The standard InChI is InChI=1S/C12H15ClN4OS/c1-17(2)9-15-12(19)14-8-16-18-7-10-3-5-11(13)6-4-10/h3-6,8-9H,7H2,1-2H3,(H,14,16,19)/b15-9+. The Balaban J connectivity index is 2.23. The fourth-order valence-corrected chi connectivity index (χ4v) is 1.25. The lowest BCUT2D eigenvalue weighted by molar-refractivity contribution is 0.0746. The maximum atomic E-state index is 5.77. The van der Waals surface area contributed by atoms with Gasteiger partial charge in [0.25, 0.3) is 0 Å². The summed E-state index contributed by atoms with van der Waals surface area (Å²) in [4.78, 5) is 14.7. The second kappa shape index (κ2) is 8.58. The Morgan fingerprint density at radius 1 is 1.37 bits per heavy atom. The van der Waals surface area contributed by atoms with Crippen molar-refractivity contribution < 1.29 is 4.84 Å². The topological polar surface area (TPSA) is 49.2 Å². The molecule has 7 heteroatoms. The molecule has 0 atom stereocenters. The Morgan fingerprint density at radius 2 is 2.05 bits per heavy atom. The lowest BCUT2D eigenvalue weighted by Crippen LogP contribution is -2.13. The zero-order valence-corrected chi connectivity index (χ0v) is 12.3. The number of nitrogens with zero attached hydrogens (tertiary/aromatic N) is 3. The Morgan fingerprint density at radius 3 is 2.68 bits per heavy atom. The van der Waals surface area contributed by atoms with E-state index >= 15 is 0 Å². The highest BCUT2D eigenvalue weighted by Gasteiger charge is 1.92. The van der Waals surface area contributed by atoms with Crippen molar-refractivity contribution in [3.63, 3.8) is 0 Å². The van der Waals surface area contributed by atoms with Crippen molar-refractivity contribution in [1.29, 1.82) is 0 Å². The lowest BCUT2D eigenvalue weighted by Gasteiger charge is -2.02. The number of hydrogen-bond acceptors (Lipinski definition) is 2. The molecule has 0 saturated carbocycles. The van der Waals surface area contributed by atoms with Crippen LogP contribution in [0.1, 0.15) is 5.56 Å². The summed E-state index contributed by atoms with van der Waals surface area (Å²) in [5.74, 6) is 0. The molecule has 1 N–H and O–H groups in total. The Hall–Kier alpha value is -1.50. The first-order chi connectivity index (χ1) is 9.08. The molecule has 5 nitrogen and oxygen atoms in total. The summed E-state index contributed by atoms with van der Waals surface area (Å²) in [5.41, 5.74) is 3.57. The molecule has 102 valence electrons. The normalized spacial score (nSPS) is 11.1. The van der Waals surface area contributed by atoms with Crippen LogP contribution in [0.4, 0.5) is 0 Å². The first-order valence-corrected chi connectivity index (χ1v) is 6.25. The van der Waals surface area contributed by atoms with E-state index in [1.165, 1.54) is 6.34 Å². The van der Waals surface area contributed by atoms with E-state index in [9.17, 15) is 0 Å². The van der Waals surface area contributed by atoms with Crippen molar-refractivity contribution in [3.05, 3.63) is 34.9 Å². The van der Waals surface area contributed by atoms with Gasteiger partial charge < -0.3 is 4.90 Å². The highest BCUT2D eigenvalue weighted by atomic mass is 35.5. The van der Waals surface area contributed by atoms with E-state index in [0.717, 1.165) is 5.56 Å². The third-order valence-corrected chi connectivity index (χ3v) is 2.33. The summed E-state index contributed by atoms with van der Waals surface area (Å²) in [7, 11) is 3.70. The van der Waals surface area contributed by atoms with Crippen LogP contribution >= 0.6 is 23.8 Å². The summed E-state index contributed by atoms with van der Waals surface area (Å²) in [6.45, 7) is 0.400. The zero-order chi connectivity index (χ0) is 14.1. The number of halogens is 1. The minimum Gasteiger partial charge on any atom is -0.369 e. The number of nitrogens with one attached hydrogen (secondary N) is 1. The molecular weight excluding hydrogens is 284 g/mol. The van der Waals surface area contributed by atoms with Crippen molar-refractivity contribution in [1.82, 2.24) is 10.4 Å². The van der Waals surface area contributed by atoms with E-state index < -0.39 is 0 Å². The summed E-state index contributed by atoms with van der Waals surface area (Å²) < 4.78 is 0. The number of hydrogen-bond donors (Lipinski definition) is 1. The lowest BCUT2D eigenvalue weighted by atomic mass is 10.2. The first-order valence-electron chi connectivity index (χ1n) is 5.47. The zero-order valence-electron chi connectivity index (χ0n) is 10.7. The van der Waals surface area contributed by atoms with Crippen LogP contribution in [0.3, 0.4) is 0 Å². The van der Waals surface area contributed by atoms with E-state index in [1.807, 2.05) is 26.2 Å². The Kier molecular flexibility index (Phi) is 7.02. The molecule has 0 heterocycles. The van der Waals surface area contributed by atoms with Crippen LogP contribution in [-0.2, 0) is 11.4 Å². The van der Waals surface area contributed by atoms with Gasteiger partial charge in [-0.25, -0.2) is 9.98 Å². The molecule has 0 radical (unpaired) electrons. The Labute approximate surface area is 122 Å². The second-order valence-electron chi connectivity index (χ2n) is 3.78. The van der Waals surface area contributed by atoms with Gasteiger partial charge in [-0.1, -0.05) is 23.7 Å². The van der Waals surface area contributed by atoms with Gasteiger partial charge in [0, 0.05) is 19.1 Å². The van der Waals surface area contributed by atoms with Crippen LogP contribution in [0, 0.1) is 0 Å². The van der Waals surface area contributed by atoms with E-state index in [2.05, 4.69) is 15.5 Å². The molecule has 1 aromatic carbocycles. The van der Waals surface area contributed by atoms with Gasteiger partial charge in [-0.05, 0) is 29.9 Å². The number of aliphatic imine (C=N–C) groups is 2. The van der Waals surface area contributed by atoms with Crippen molar-refractivity contribution in [2.24, 2.45) is 9.98 Å². The molecule has 0 spiro atoms. The van der Waals surface area contributed by atoms with Crippen LogP contribution in [-0.4, -0.2) is 36.8 Å². The van der Waals surface area contributed by atoms with Gasteiger partial charge in [0.1, 0.15) is 6.34 Å². The smallest absolute Gasteiger partial charge is 0.222 e. The SMILES string of the molecule is CN(C)/C=N/C(=S)/N=C/NOCc1ccc(Cl)cc1. The summed E-state index contributed by atoms with van der Waals surface area (Å²) in [5, 5.41) is 0.915. The third-order valence-electron chi connectivity index (χ3n) is 1.86. The number of hydroxylamine groups is 1. The molecule has 0 amide bonds. The van der Waals surface area contributed by atoms with E-state index in [0.29, 0.717) is 11.6 Å². The van der Waals surface area contributed by atoms with Crippen molar-refractivity contribution in [2.45, 2.75) is 6.61 Å². The minimum atomic E-state index is 0.219. The van der Waals surface area contributed by atoms with E-state index in [4.69, 9.17) is 28.7 Å². The molecule has 0 saturated heterocycles. The van der Waals surface area contributed by atoms with Gasteiger partial charge in [-0.15, -0.1) is 0 Å². The van der Waals surface area contributed by atoms with Gasteiger partial charge >= 0.3 is 0 Å². The van der Waals surface area contributed by atoms with Crippen LogP contribution in [0.5, 0.6) is 0 Å². The van der Waals surface area contributed by atoms with Gasteiger partial charge in [-0.3, -0.25) is 10.3 Å². The highest BCUT2D eigenvalue weighted by Crippen LogP contribution is 2.09. The quantitative estimate of drug-likeness (QED) is 0.298. The van der Waals surface area contributed by atoms with Gasteiger partial charge in [0.15, 0.2) is 0 Å². The first kappa shape index (κ1) is 15.6. The maximum Gasteiger partial charge on any atom is 0.222 e. The minimum absolute atomic E-state index is 0.219. The van der Waals surface area contributed by atoms with Crippen LogP contribution in [0.25, 0.3) is 0 Å². The molecule has 0 fully saturated rings. The predicted octanol–water partition coefficient (Wildman–Crippen LogP) is 2.26. The number of rotatable bonds is 5. The number of thiocarbonyl (C=S) groups is 1. The van der Waals surface area contributed by atoms with Crippen LogP contribution < -0.4 is 5.48 Å². The molecule has 0 aliphatic heterocycles. The molecule has 0 bridgehead atoms. The van der Waals surface area contributed by atoms with Crippen molar-refractivity contribution in [2.75, 3.05) is 14.1 Å². The fraction of sp³-hybridized carbons (Fsp3) is 0.250. The van der Waals surface area contributed by atoms with Gasteiger partial charge in [0.2, 0.25) is 5.11 Å². The monoisotopic (exact) mass is 298 g/mol. The van der Waals surface area contributed by atoms with Crippen LogP contribution in [0.15, 0.2) is 34.3 Å². The van der Waals surface area contributed by atoms with E-state index in [1.54, 1.807) is 23.4 Å². The molecule has 0 aliphatic rings. The van der Waals surface area contributed by atoms with Gasteiger partial charge in [-0.2, -0.15) is 0 Å². The van der Waals surface area contributed by atoms with Crippen LogP contribution in [0.2, 0.25) is 5.02 Å². The van der Waals surface area contributed by atoms with Crippen molar-refractivity contribution in [3.8, 4) is 0 Å². The molecule has 0 aromatic heterocycles. The summed E-state index contributed by atoms with van der Waals surface area (Å²) >= 11 is 10.7. The largest absolute Gasteiger partial charge is 0.369 e. The molecule has 1 rings (SSSR count). The molecule has 19 heavy (non-hydrogen) atoms. The van der Waals surface area contributed by atoms with E-state index in [-0.39, 0.29) is 5.11 Å². The average Bonchev–Trinajstić information content (AvgIpc) is 2.38. The molecule has 0 aliphatic carbocycles. The Bertz CT molecular complexity index is 459. The molecule has 1 aromatic rings. The predicted molar refractivity (Wildman–Crippen MR) is 82.6 cm³/mol. The highest BCUT2D eigenvalue weighted by molar-refractivity contribution is 7.80. The third kappa shape index (κ3) is 7.50. The molecule has 0 unspecified atom stereocenters. The summed E-state index contributed by atoms with van der Waals surface area (Å²) in [6.07, 6.45) is 2.93.